The average Bonchev–Trinajstić information content (AvgIpc) is 3.06. The van der Waals surface area contributed by atoms with Crippen molar-refractivity contribution in [3.05, 3.63) is 52.3 Å². The molecule has 1 aromatic carbocycles. The summed E-state index contributed by atoms with van der Waals surface area (Å²) in [5.74, 6) is -1.67. The first kappa shape index (κ1) is 21.3. The van der Waals surface area contributed by atoms with Gasteiger partial charge in [0.2, 0.25) is 0 Å². The summed E-state index contributed by atoms with van der Waals surface area (Å²) in [7, 11) is 1.09. The lowest BCUT2D eigenvalue weighted by molar-refractivity contribution is -0.137. The third kappa shape index (κ3) is 3.98. The van der Waals surface area contributed by atoms with Crippen LogP contribution in [0.4, 0.5) is 18.9 Å². The number of pyridine rings is 1. The zero-order chi connectivity index (χ0) is 22.2. The number of anilines is 1. The molecule has 30 heavy (non-hydrogen) atoms. The smallest absolute Gasteiger partial charge is 0.416 e. The van der Waals surface area contributed by atoms with Gasteiger partial charge < -0.3 is 14.6 Å². The summed E-state index contributed by atoms with van der Waals surface area (Å²) in [6.07, 6.45) is -4.66. The van der Waals surface area contributed by atoms with Crippen LogP contribution in [0.3, 0.4) is 0 Å². The fourth-order valence-corrected chi connectivity index (χ4v) is 2.89. The summed E-state index contributed by atoms with van der Waals surface area (Å²) in [4.78, 5) is 29.3. The SMILES string of the molecule is COC(=O)c1ccc(C(F)(F)F)cc1NC(=O)c1cc(C(C)C)nc2onc(C)c12. The molecule has 1 N–H and O–H groups in total. The number of nitrogens with zero attached hydrogens (tertiary/aromatic N) is 2. The van der Waals surface area contributed by atoms with Gasteiger partial charge >= 0.3 is 12.1 Å². The first-order valence-electron chi connectivity index (χ1n) is 8.90. The number of halogens is 3. The molecule has 0 aliphatic rings. The number of hydrogen-bond acceptors (Lipinski definition) is 6. The minimum atomic E-state index is -4.66. The Bertz CT molecular complexity index is 1140. The largest absolute Gasteiger partial charge is 0.465 e. The van der Waals surface area contributed by atoms with Gasteiger partial charge in [-0.2, -0.15) is 13.2 Å². The number of rotatable bonds is 4. The molecular weight excluding hydrogens is 403 g/mol. The number of benzene rings is 1. The summed E-state index contributed by atoms with van der Waals surface area (Å²) in [5.41, 5.74) is -0.357. The molecule has 0 fully saturated rings. The first-order valence-corrected chi connectivity index (χ1v) is 8.90. The Kier molecular flexibility index (Phi) is 5.51. The Morgan fingerprint density at radius 1 is 1.17 bits per heavy atom. The summed E-state index contributed by atoms with van der Waals surface area (Å²) >= 11 is 0. The molecule has 10 heteroatoms. The molecule has 0 unspecified atom stereocenters. The zero-order valence-corrected chi connectivity index (χ0v) is 16.5. The molecule has 0 atom stereocenters. The maximum absolute atomic E-state index is 13.1. The number of aromatic nitrogens is 2. The van der Waals surface area contributed by atoms with Gasteiger partial charge in [-0.3, -0.25) is 4.79 Å². The van der Waals surface area contributed by atoms with Crippen LogP contribution in [0.2, 0.25) is 0 Å². The highest BCUT2D eigenvalue weighted by Gasteiger charge is 2.32. The minimum absolute atomic E-state index is 0.0504. The van der Waals surface area contributed by atoms with Gasteiger partial charge in [-0.15, -0.1) is 0 Å². The molecule has 0 saturated carbocycles. The van der Waals surface area contributed by atoms with E-state index in [4.69, 9.17) is 4.52 Å². The Morgan fingerprint density at radius 2 is 1.87 bits per heavy atom. The van der Waals surface area contributed by atoms with Gasteiger partial charge in [0.25, 0.3) is 11.6 Å². The van der Waals surface area contributed by atoms with Crippen LogP contribution in [0, 0.1) is 6.92 Å². The fourth-order valence-electron chi connectivity index (χ4n) is 2.89. The molecule has 2 aromatic heterocycles. The number of alkyl halides is 3. The number of amides is 1. The molecule has 0 aliphatic heterocycles. The summed E-state index contributed by atoms with van der Waals surface area (Å²) in [6, 6.07) is 3.91. The van der Waals surface area contributed by atoms with E-state index in [0.717, 1.165) is 19.2 Å². The number of ether oxygens (including phenoxy) is 1. The van der Waals surface area contributed by atoms with Crippen LogP contribution in [0.25, 0.3) is 11.1 Å². The molecule has 0 spiro atoms. The monoisotopic (exact) mass is 421 g/mol. The lowest BCUT2D eigenvalue weighted by Crippen LogP contribution is -2.18. The molecule has 1 amide bonds. The predicted octanol–water partition coefficient (Wildman–Crippen LogP) is 4.71. The van der Waals surface area contributed by atoms with E-state index in [9.17, 15) is 22.8 Å². The number of hydrogen-bond donors (Lipinski definition) is 1. The van der Waals surface area contributed by atoms with Gasteiger partial charge in [0.05, 0.1) is 40.6 Å². The van der Waals surface area contributed by atoms with Crippen molar-refractivity contribution >= 4 is 28.7 Å². The molecule has 0 saturated heterocycles. The van der Waals surface area contributed by atoms with Crippen molar-refractivity contribution in [3.63, 3.8) is 0 Å². The van der Waals surface area contributed by atoms with E-state index < -0.39 is 23.6 Å². The van der Waals surface area contributed by atoms with E-state index in [0.29, 0.717) is 22.8 Å². The standard InChI is InChI=1S/C20H18F3N3O4/c1-9(2)14-8-13(16-10(3)26-30-18(16)25-14)17(27)24-15-7-11(20(21,22)23)5-6-12(15)19(28)29-4/h5-9H,1-4H3,(H,24,27). The Labute approximate surface area is 169 Å². The number of carbonyl (C=O) groups is 2. The molecule has 7 nitrogen and oxygen atoms in total. The second-order valence-corrected chi connectivity index (χ2v) is 6.90. The Balaban J connectivity index is 2.12. The van der Waals surface area contributed by atoms with Crippen molar-refractivity contribution in [2.75, 3.05) is 12.4 Å². The van der Waals surface area contributed by atoms with E-state index in [-0.39, 0.29) is 28.4 Å². The molecule has 2 heterocycles. The fraction of sp³-hybridized carbons (Fsp3) is 0.300. The van der Waals surface area contributed by atoms with Crippen LogP contribution in [0.5, 0.6) is 0 Å². The van der Waals surface area contributed by atoms with Crippen LogP contribution in [0.15, 0.2) is 28.8 Å². The van der Waals surface area contributed by atoms with Gasteiger partial charge in [0.1, 0.15) is 0 Å². The van der Waals surface area contributed by atoms with Crippen LogP contribution in [-0.4, -0.2) is 29.1 Å². The number of aryl methyl sites for hydroxylation is 1. The third-order valence-electron chi connectivity index (χ3n) is 4.47. The summed E-state index contributed by atoms with van der Waals surface area (Å²) in [6.45, 7) is 5.34. The van der Waals surface area contributed by atoms with Crippen LogP contribution in [-0.2, 0) is 10.9 Å². The molecule has 0 aliphatic carbocycles. The van der Waals surface area contributed by atoms with Crippen molar-refractivity contribution in [1.29, 1.82) is 0 Å². The van der Waals surface area contributed by atoms with Gasteiger partial charge in [-0.05, 0) is 37.1 Å². The van der Waals surface area contributed by atoms with Crippen LogP contribution < -0.4 is 5.32 Å². The lowest BCUT2D eigenvalue weighted by atomic mass is 10.0. The highest BCUT2D eigenvalue weighted by molar-refractivity contribution is 6.14. The Morgan fingerprint density at radius 3 is 2.47 bits per heavy atom. The molecule has 0 bridgehead atoms. The van der Waals surface area contributed by atoms with Crippen LogP contribution in [0.1, 0.15) is 57.4 Å². The van der Waals surface area contributed by atoms with E-state index in [1.807, 2.05) is 13.8 Å². The maximum atomic E-state index is 13.1. The third-order valence-corrected chi connectivity index (χ3v) is 4.47. The summed E-state index contributed by atoms with van der Waals surface area (Å²) < 4.78 is 49.2. The second-order valence-electron chi connectivity index (χ2n) is 6.90. The van der Waals surface area contributed by atoms with Crippen molar-refractivity contribution in [1.82, 2.24) is 10.1 Å². The number of esters is 1. The highest BCUT2D eigenvalue weighted by atomic mass is 19.4. The van der Waals surface area contributed by atoms with Crippen molar-refractivity contribution in [3.8, 4) is 0 Å². The van der Waals surface area contributed by atoms with Gasteiger partial charge in [0.15, 0.2) is 0 Å². The first-order chi connectivity index (χ1) is 14.0. The molecule has 158 valence electrons. The average molecular weight is 421 g/mol. The number of nitrogens with one attached hydrogen (secondary N) is 1. The van der Waals surface area contributed by atoms with Crippen LogP contribution >= 0.6 is 0 Å². The quantitative estimate of drug-likeness (QED) is 0.613. The molecule has 0 radical (unpaired) electrons. The van der Waals surface area contributed by atoms with Gasteiger partial charge in [-0.25, -0.2) is 9.78 Å². The maximum Gasteiger partial charge on any atom is 0.416 e. The van der Waals surface area contributed by atoms with Crippen molar-refractivity contribution in [2.45, 2.75) is 32.9 Å². The number of fused-ring (bicyclic) bond motifs is 1. The normalized spacial score (nSPS) is 11.7. The zero-order valence-electron chi connectivity index (χ0n) is 16.5. The van der Waals surface area contributed by atoms with E-state index in [2.05, 4.69) is 20.2 Å². The van der Waals surface area contributed by atoms with Gasteiger partial charge in [-0.1, -0.05) is 19.0 Å². The molecule has 3 rings (SSSR count). The van der Waals surface area contributed by atoms with Crippen molar-refractivity contribution in [2.24, 2.45) is 0 Å². The van der Waals surface area contributed by atoms with Gasteiger partial charge in [0, 0.05) is 5.69 Å². The van der Waals surface area contributed by atoms with E-state index >= 15 is 0 Å². The summed E-state index contributed by atoms with van der Waals surface area (Å²) in [5, 5.41) is 6.54. The van der Waals surface area contributed by atoms with Crippen molar-refractivity contribution < 1.29 is 32.0 Å². The topological polar surface area (TPSA) is 94.3 Å². The van der Waals surface area contributed by atoms with E-state index in [1.165, 1.54) is 6.07 Å². The number of methoxy groups -OCH3 is 1. The predicted molar refractivity (Wildman–Crippen MR) is 101 cm³/mol. The minimum Gasteiger partial charge on any atom is -0.465 e. The van der Waals surface area contributed by atoms with E-state index in [1.54, 1.807) is 6.92 Å². The lowest BCUT2D eigenvalue weighted by Gasteiger charge is -2.14. The number of carbonyl (C=O) groups excluding carboxylic acids is 2. The molecule has 3 aromatic rings. The molecular formula is C20H18F3N3O4. The Hall–Kier alpha value is -3.43. The highest BCUT2D eigenvalue weighted by Crippen LogP contribution is 2.33. The second kappa shape index (κ2) is 7.77.